The minimum Gasteiger partial charge on any atom is -0.465 e. The van der Waals surface area contributed by atoms with Crippen LogP contribution in [0.3, 0.4) is 0 Å². The first-order valence-corrected chi connectivity index (χ1v) is 15.2. The Bertz CT molecular complexity index is 811. The highest BCUT2D eigenvalue weighted by Crippen LogP contribution is 2.69. The van der Waals surface area contributed by atoms with E-state index in [4.69, 9.17) is 9.47 Å². The van der Waals surface area contributed by atoms with Crippen LogP contribution < -0.4 is 0 Å². The quantitative estimate of drug-likeness (QED) is 0.330. The highest BCUT2D eigenvalue weighted by Gasteiger charge is 2.65. The summed E-state index contributed by atoms with van der Waals surface area (Å²) in [6.07, 6.45) is 8.08. The van der Waals surface area contributed by atoms with Crippen molar-refractivity contribution in [3.05, 3.63) is 0 Å². The first-order valence-electron chi connectivity index (χ1n) is 15.2. The van der Waals surface area contributed by atoms with Gasteiger partial charge < -0.3 is 19.7 Å². The van der Waals surface area contributed by atoms with Crippen molar-refractivity contribution in [2.24, 2.45) is 58.2 Å². The summed E-state index contributed by atoms with van der Waals surface area (Å²) in [7, 11) is 0. The van der Waals surface area contributed by atoms with E-state index >= 15 is 0 Å². The molecule has 4 aliphatic carbocycles. The van der Waals surface area contributed by atoms with E-state index in [1.165, 1.54) is 0 Å². The van der Waals surface area contributed by atoms with Crippen LogP contribution in [0.25, 0.3) is 0 Å². The van der Waals surface area contributed by atoms with Gasteiger partial charge in [-0.2, -0.15) is 0 Å². The summed E-state index contributed by atoms with van der Waals surface area (Å²) >= 11 is 0. The smallest absolute Gasteiger partial charge is 0.320 e. The van der Waals surface area contributed by atoms with E-state index in [9.17, 15) is 19.8 Å². The van der Waals surface area contributed by atoms with Crippen LogP contribution in [0.15, 0.2) is 0 Å². The van der Waals surface area contributed by atoms with E-state index < -0.39 is 17.9 Å². The Balaban J connectivity index is 1.57. The summed E-state index contributed by atoms with van der Waals surface area (Å²) in [5.41, 5.74) is 0.277. The number of rotatable bonds is 8. The molecule has 4 fully saturated rings. The molecule has 0 spiro atoms. The standard InChI is InChI=1S/C31H52O6/c1-7-20-25-17-19(32)12-14-31(25,6)24-13-15-30(5)22(10-11-23(30)26(24)27(20)33)18(4)16-21(28(34)36-8-2)29(35)37-9-3/h18-27,32-33H,7-17H2,1-6H3/t18-,19?,20-,22-,23+,24+,25+,26+,27?,30-,31-/m1/s1. The van der Waals surface area contributed by atoms with Crippen molar-refractivity contribution in [1.82, 2.24) is 0 Å². The Hall–Kier alpha value is -1.14. The maximum atomic E-state index is 12.7. The predicted octanol–water partition coefficient (Wildman–Crippen LogP) is 5.38. The average molecular weight is 521 g/mol. The molecule has 0 saturated heterocycles. The van der Waals surface area contributed by atoms with Crippen LogP contribution >= 0.6 is 0 Å². The monoisotopic (exact) mass is 520 g/mol. The van der Waals surface area contributed by atoms with Crippen LogP contribution in [-0.2, 0) is 19.1 Å². The van der Waals surface area contributed by atoms with E-state index in [0.29, 0.717) is 36.0 Å². The van der Waals surface area contributed by atoms with Crippen LogP contribution in [-0.4, -0.2) is 47.6 Å². The van der Waals surface area contributed by atoms with Crippen LogP contribution in [0, 0.1) is 58.2 Å². The normalized spacial score (nSPS) is 43.9. The molecule has 11 atom stereocenters. The molecule has 37 heavy (non-hydrogen) atoms. The second-order valence-corrected chi connectivity index (χ2v) is 13.4. The van der Waals surface area contributed by atoms with Gasteiger partial charge in [-0.1, -0.05) is 34.1 Å². The molecule has 0 aromatic heterocycles. The lowest BCUT2D eigenvalue weighted by Gasteiger charge is -2.64. The molecule has 4 saturated carbocycles. The molecule has 0 amide bonds. The van der Waals surface area contributed by atoms with E-state index in [0.717, 1.165) is 51.4 Å². The van der Waals surface area contributed by atoms with Crippen molar-refractivity contribution < 1.29 is 29.3 Å². The van der Waals surface area contributed by atoms with Crippen LogP contribution in [0.4, 0.5) is 0 Å². The van der Waals surface area contributed by atoms with Gasteiger partial charge in [0.1, 0.15) is 0 Å². The van der Waals surface area contributed by atoms with Gasteiger partial charge in [0.2, 0.25) is 0 Å². The van der Waals surface area contributed by atoms with E-state index in [1.54, 1.807) is 13.8 Å². The van der Waals surface area contributed by atoms with Crippen LogP contribution in [0.5, 0.6) is 0 Å². The molecule has 4 aliphatic rings. The fourth-order valence-electron chi connectivity index (χ4n) is 10.2. The number of ether oxygens (including phenoxy) is 2. The zero-order valence-electron chi connectivity index (χ0n) is 24.1. The Kier molecular flexibility index (Phi) is 8.70. The lowest BCUT2D eigenvalue weighted by Crippen LogP contribution is -2.62. The van der Waals surface area contributed by atoms with Gasteiger partial charge in [-0.3, -0.25) is 9.59 Å². The summed E-state index contributed by atoms with van der Waals surface area (Å²) in [6, 6.07) is 0. The van der Waals surface area contributed by atoms with Gasteiger partial charge in [0.05, 0.1) is 25.4 Å². The lowest BCUT2D eigenvalue weighted by atomic mass is 9.41. The number of fused-ring (bicyclic) bond motifs is 5. The maximum absolute atomic E-state index is 12.7. The molecule has 4 rings (SSSR count). The fourth-order valence-corrected chi connectivity index (χ4v) is 10.2. The van der Waals surface area contributed by atoms with Crippen molar-refractivity contribution in [2.45, 2.75) is 112 Å². The molecule has 212 valence electrons. The summed E-state index contributed by atoms with van der Waals surface area (Å²) in [4.78, 5) is 25.4. The maximum Gasteiger partial charge on any atom is 0.320 e. The summed E-state index contributed by atoms with van der Waals surface area (Å²) in [5, 5.41) is 22.4. The predicted molar refractivity (Wildman–Crippen MR) is 142 cm³/mol. The molecule has 0 bridgehead atoms. The van der Waals surface area contributed by atoms with Gasteiger partial charge in [0.15, 0.2) is 5.92 Å². The number of carbonyl (C=O) groups is 2. The summed E-state index contributed by atoms with van der Waals surface area (Å²) in [6.45, 7) is 13.3. The minimum absolute atomic E-state index is 0.0884. The largest absolute Gasteiger partial charge is 0.465 e. The first kappa shape index (κ1) is 28.9. The summed E-state index contributed by atoms with van der Waals surface area (Å²) < 4.78 is 10.5. The fraction of sp³-hybridized carbons (Fsp3) is 0.935. The highest BCUT2D eigenvalue weighted by atomic mass is 16.6. The number of aliphatic hydroxyl groups excluding tert-OH is 2. The Labute approximate surface area is 224 Å². The molecular formula is C31H52O6. The molecule has 0 aromatic rings. The molecule has 0 aromatic carbocycles. The third kappa shape index (κ3) is 4.88. The number of carbonyl (C=O) groups excluding carboxylic acids is 2. The minimum atomic E-state index is -0.869. The number of esters is 2. The van der Waals surface area contributed by atoms with E-state index in [1.807, 2.05) is 0 Å². The first-order chi connectivity index (χ1) is 17.5. The Morgan fingerprint density at radius 1 is 0.865 bits per heavy atom. The van der Waals surface area contributed by atoms with Gasteiger partial charge in [-0.15, -0.1) is 0 Å². The van der Waals surface area contributed by atoms with Crippen molar-refractivity contribution in [3.63, 3.8) is 0 Å². The van der Waals surface area contributed by atoms with Gasteiger partial charge in [0.25, 0.3) is 0 Å². The number of hydrogen-bond donors (Lipinski definition) is 2. The molecule has 0 heterocycles. The molecule has 0 aliphatic heterocycles. The molecule has 6 heteroatoms. The Morgan fingerprint density at radius 2 is 1.46 bits per heavy atom. The van der Waals surface area contributed by atoms with Gasteiger partial charge in [-0.25, -0.2) is 0 Å². The third-order valence-corrected chi connectivity index (χ3v) is 11.9. The molecule has 0 radical (unpaired) electrons. The van der Waals surface area contributed by atoms with Crippen molar-refractivity contribution in [3.8, 4) is 0 Å². The topological polar surface area (TPSA) is 93.1 Å². The molecule has 2 unspecified atom stereocenters. The summed E-state index contributed by atoms with van der Waals surface area (Å²) in [5.74, 6) is 0.668. The SMILES string of the molecule is CCOC(=O)C(C[C@@H](C)[C@H]1CC[C@H]2[C@@H]3C(O)[C@H](CC)[C@@H]4CC(O)CC[C@]4(C)[C@H]3CC[C@]12C)C(=O)OCC. The van der Waals surface area contributed by atoms with Crippen LogP contribution in [0.2, 0.25) is 0 Å². The molecular weight excluding hydrogens is 468 g/mol. The van der Waals surface area contributed by atoms with E-state index in [-0.39, 0.29) is 48.1 Å². The van der Waals surface area contributed by atoms with Crippen molar-refractivity contribution in [2.75, 3.05) is 13.2 Å². The zero-order valence-corrected chi connectivity index (χ0v) is 24.1. The molecule has 6 nitrogen and oxygen atoms in total. The lowest BCUT2D eigenvalue weighted by molar-refractivity contribution is -0.203. The highest BCUT2D eigenvalue weighted by molar-refractivity contribution is 5.94. The number of hydrogen-bond acceptors (Lipinski definition) is 6. The zero-order chi connectivity index (χ0) is 27.1. The molecule has 2 N–H and O–H groups in total. The third-order valence-electron chi connectivity index (χ3n) is 11.9. The van der Waals surface area contributed by atoms with E-state index in [2.05, 4.69) is 27.7 Å². The van der Waals surface area contributed by atoms with Crippen LogP contribution in [0.1, 0.15) is 99.3 Å². The van der Waals surface area contributed by atoms with Crippen molar-refractivity contribution >= 4 is 11.9 Å². The van der Waals surface area contributed by atoms with Crippen molar-refractivity contribution in [1.29, 1.82) is 0 Å². The second kappa shape index (κ2) is 11.2. The Morgan fingerprint density at radius 3 is 2.05 bits per heavy atom. The van der Waals surface area contributed by atoms with Gasteiger partial charge in [-0.05, 0) is 117 Å². The number of aliphatic hydroxyl groups is 2. The second-order valence-electron chi connectivity index (χ2n) is 13.4. The van der Waals surface area contributed by atoms with Gasteiger partial charge >= 0.3 is 11.9 Å². The van der Waals surface area contributed by atoms with Gasteiger partial charge in [0, 0.05) is 0 Å². The average Bonchev–Trinajstić information content (AvgIpc) is 3.21.